The average molecular weight is 437 g/mol. The number of aromatic nitrogens is 3. The highest BCUT2D eigenvalue weighted by Gasteiger charge is 2.17. The highest BCUT2D eigenvalue weighted by Crippen LogP contribution is 2.18. The molecule has 2 aromatic carbocycles. The lowest BCUT2D eigenvalue weighted by Crippen LogP contribution is -2.48. The number of anilines is 1. The van der Waals surface area contributed by atoms with E-state index in [0.717, 1.165) is 43.9 Å². The Morgan fingerprint density at radius 1 is 1.10 bits per heavy atom. The van der Waals surface area contributed by atoms with Gasteiger partial charge in [0.15, 0.2) is 10.6 Å². The summed E-state index contributed by atoms with van der Waals surface area (Å²) in [5.74, 6) is 0.621. The molecule has 4 rings (SSSR count). The summed E-state index contributed by atoms with van der Waals surface area (Å²) in [7, 11) is 0. The lowest BCUT2D eigenvalue weighted by atomic mass is 10.1. The zero-order valence-electron chi connectivity index (χ0n) is 17.8. The standard InChI is InChI=1S/C23H28N6OS/c1-18-6-5-7-19(16-18)22-25-26-23(31)29(22)17-21(30)24-10-11-27-12-14-28(15-13-27)20-8-3-2-4-9-20/h2-9,16H,10-15,17H2,1H3,(H,24,30)(H,26,31). The molecule has 1 saturated heterocycles. The summed E-state index contributed by atoms with van der Waals surface area (Å²) in [5.41, 5.74) is 3.35. The number of nitrogens with one attached hydrogen (secondary N) is 2. The first-order valence-corrected chi connectivity index (χ1v) is 11.0. The maximum atomic E-state index is 12.5. The fourth-order valence-corrected chi connectivity index (χ4v) is 4.09. The van der Waals surface area contributed by atoms with Crippen molar-refractivity contribution in [3.8, 4) is 11.4 Å². The zero-order valence-corrected chi connectivity index (χ0v) is 18.6. The monoisotopic (exact) mass is 436 g/mol. The minimum Gasteiger partial charge on any atom is -0.369 e. The Kier molecular flexibility index (Phi) is 6.79. The van der Waals surface area contributed by atoms with E-state index >= 15 is 0 Å². The summed E-state index contributed by atoms with van der Waals surface area (Å²) < 4.78 is 2.20. The number of hydrogen-bond donors (Lipinski definition) is 2. The molecular formula is C23H28N6OS. The predicted octanol–water partition coefficient (Wildman–Crippen LogP) is 2.85. The van der Waals surface area contributed by atoms with E-state index in [2.05, 4.69) is 49.6 Å². The van der Waals surface area contributed by atoms with Crippen molar-refractivity contribution in [1.82, 2.24) is 25.0 Å². The summed E-state index contributed by atoms with van der Waals surface area (Å²) in [6.07, 6.45) is 0. The molecule has 0 aliphatic carbocycles. The van der Waals surface area contributed by atoms with Crippen molar-refractivity contribution in [3.63, 3.8) is 0 Å². The van der Waals surface area contributed by atoms with Crippen LogP contribution in [0.4, 0.5) is 5.69 Å². The quantitative estimate of drug-likeness (QED) is 0.558. The minimum atomic E-state index is -0.0608. The van der Waals surface area contributed by atoms with E-state index in [1.807, 2.05) is 37.3 Å². The third-order valence-electron chi connectivity index (χ3n) is 5.58. The van der Waals surface area contributed by atoms with Crippen LogP contribution >= 0.6 is 12.2 Å². The third kappa shape index (κ3) is 5.39. The van der Waals surface area contributed by atoms with Gasteiger partial charge in [0.1, 0.15) is 6.54 Å². The van der Waals surface area contributed by atoms with Crippen LogP contribution in [0, 0.1) is 11.7 Å². The van der Waals surface area contributed by atoms with Gasteiger partial charge >= 0.3 is 0 Å². The Labute approximate surface area is 187 Å². The Morgan fingerprint density at radius 3 is 2.61 bits per heavy atom. The largest absolute Gasteiger partial charge is 0.369 e. The Balaban J connectivity index is 1.25. The molecule has 1 aromatic heterocycles. The Morgan fingerprint density at radius 2 is 1.87 bits per heavy atom. The number of nitrogens with zero attached hydrogens (tertiary/aromatic N) is 4. The smallest absolute Gasteiger partial charge is 0.240 e. The van der Waals surface area contributed by atoms with Crippen LogP contribution in [0.25, 0.3) is 11.4 Å². The molecule has 1 amide bonds. The van der Waals surface area contributed by atoms with E-state index in [1.54, 1.807) is 4.57 Å². The molecule has 162 valence electrons. The molecule has 1 aliphatic rings. The van der Waals surface area contributed by atoms with Crippen molar-refractivity contribution < 1.29 is 4.79 Å². The van der Waals surface area contributed by atoms with E-state index in [-0.39, 0.29) is 12.5 Å². The zero-order chi connectivity index (χ0) is 21.6. The molecule has 2 heterocycles. The van der Waals surface area contributed by atoms with Crippen molar-refractivity contribution in [1.29, 1.82) is 0 Å². The molecule has 8 heteroatoms. The van der Waals surface area contributed by atoms with Gasteiger partial charge in [-0.15, -0.1) is 0 Å². The first-order valence-electron chi connectivity index (χ1n) is 10.6. The van der Waals surface area contributed by atoms with Crippen molar-refractivity contribution in [2.24, 2.45) is 0 Å². The topological polar surface area (TPSA) is 69.2 Å². The van der Waals surface area contributed by atoms with E-state index in [0.29, 0.717) is 17.1 Å². The molecule has 7 nitrogen and oxygen atoms in total. The van der Waals surface area contributed by atoms with Gasteiger partial charge in [0.25, 0.3) is 0 Å². The predicted molar refractivity (Wildman–Crippen MR) is 126 cm³/mol. The van der Waals surface area contributed by atoms with Crippen molar-refractivity contribution in [2.45, 2.75) is 13.5 Å². The number of piperazine rings is 1. The van der Waals surface area contributed by atoms with Crippen molar-refractivity contribution in [3.05, 3.63) is 64.9 Å². The van der Waals surface area contributed by atoms with Gasteiger partial charge in [-0.1, -0.05) is 42.0 Å². The highest BCUT2D eigenvalue weighted by molar-refractivity contribution is 7.71. The van der Waals surface area contributed by atoms with Gasteiger partial charge in [0, 0.05) is 50.5 Å². The minimum absolute atomic E-state index is 0.0608. The highest BCUT2D eigenvalue weighted by atomic mass is 32.1. The maximum Gasteiger partial charge on any atom is 0.240 e. The normalized spacial score (nSPS) is 14.5. The summed E-state index contributed by atoms with van der Waals surface area (Å²) in [5, 5.41) is 10.2. The first kappa shape index (κ1) is 21.3. The molecule has 31 heavy (non-hydrogen) atoms. The SMILES string of the molecule is Cc1cccc(-c2n[nH]c(=S)n2CC(=O)NCCN2CCN(c3ccccc3)CC2)c1. The number of benzene rings is 2. The maximum absolute atomic E-state index is 12.5. The fraction of sp³-hybridized carbons (Fsp3) is 0.348. The summed E-state index contributed by atoms with van der Waals surface area (Å²) >= 11 is 5.34. The Bertz CT molecular complexity index is 1070. The van der Waals surface area contributed by atoms with Crippen LogP contribution in [0.3, 0.4) is 0 Å². The summed E-state index contributed by atoms with van der Waals surface area (Å²) in [6, 6.07) is 18.5. The number of carbonyl (C=O) groups excluding carboxylic acids is 1. The lowest BCUT2D eigenvalue weighted by molar-refractivity contribution is -0.121. The van der Waals surface area contributed by atoms with Gasteiger partial charge in [-0.05, 0) is 37.3 Å². The van der Waals surface area contributed by atoms with E-state index < -0.39 is 0 Å². The number of aryl methyl sites for hydroxylation is 1. The van der Waals surface area contributed by atoms with Gasteiger partial charge in [-0.3, -0.25) is 19.4 Å². The molecule has 0 saturated carbocycles. The second-order valence-electron chi connectivity index (χ2n) is 7.82. The van der Waals surface area contributed by atoms with E-state index in [1.165, 1.54) is 5.69 Å². The summed E-state index contributed by atoms with van der Waals surface area (Å²) in [4.78, 5) is 17.3. The summed E-state index contributed by atoms with van der Waals surface area (Å²) in [6.45, 7) is 7.64. The van der Waals surface area contributed by atoms with Crippen molar-refractivity contribution >= 4 is 23.8 Å². The average Bonchev–Trinajstić information content (AvgIpc) is 3.15. The van der Waals surface area contributed by atoms with Crippen LogP contribution in [0.15, 0.2) is 54.6 Å². The second kappa shape index (κ2) is 9.89. The molecule has 0 atom stereocenters. The number of rotatable bonds is 7. The molecular weight excluding hydrogens is 408 g/mol. The number of carbonyl (C=O) groups is 1. The number of aromatic amines is 1. The van der Waals surface area contributed by atoms with Gasteiger partial charge in [0.05, 0.1) is 0 Å². The fourth-order valence-electron chi connectivity index (χ4n) is 3.89. The molecule has 0 radical (unpaired) electrons. The van der Waals surface area contributed by atoms with Crippen LogP contribution in [-0.2, 0) is 11.3 Å². The van der Waals surface area contributed by atoms with Crippen LogP contribution in [0.2, 0.25) is 0 Å². The number of H-pyrrole nitrogens is 1. The van der Waals surface area contributed by atoms with Crippen LogP contribution in [-0.4, -0.2) is 64.8 Å². The number of para-hydroxylation sites is 1. The third-order valence-corrected chi connectivity index (χ3v) is 5.89. The molecule has 3 aromatic rings. The lowest BCUT2D eigenvalue weighted by Gasteiger charge is -2.36. The molecule has 0 unspecified atom stereocenters. The molecule has 2 N–H and O–H groups in total. The van der Waals surface area contributed by atoms with Gasteiger partial charge in [-0.2, -0.15) is 5.10 Å². The van der Waals surface area contributed by atoms with Crippen molar-refractivity contribution in [2.75, 3.05) is 44.2 Å². The van der Waals surface area contributed by atoms with Gasteiger partial charge in [0.2, 0.25) is 5.91 Å². The first-order chi connectivity index (χ1) is 15.1. The van der Waals surface area contributed by atoms with Gasteiger partial charge < -0.3 is 10.2 Å². The molecule has 0 spiro atoms. The van der Waals surface area contributed by atoms with Crippen LogP contribution in [0.5, 0.6) is 0 Å². The molecule has 1 fully saturated rings. The van der Waals surface area contributed by atoms with Crippen LogP contribution < -0.4 is 10.2 Å². The Hall–Kier alpha value is -2.97. The number of hydrogen-bond acceptors (Lipinski definition) is 5. The molecule has 0 bridgehead atoms. The second-order valence-corrected chi connectivity index (χ2v) is 8.21. The van der Waals surface area contributed by atoms with Gasteiger partial charge in [-0.25, -0.2) is 0 Å². The van der Waals surface area contributed by atoms with Crippen LogP contribution in [0.1, 0.15) is 5.56 Å². The number of amides is 1. The van der Waals surface area contributed by atoms with E-state index in [4.69, 9.17) is 12.2 Å². The van der Waals surface area contributed by atoms with E-state index in [9.17, 15) is 4.79 Å². The molecule has 1 aliphatic heterocycles.